The topological polar surface area (TPSA) is 148 Å². The van der Waals surface area contributed by atoms with Crippen molar-refractivity contribution in [3.63, 3.8) is 0 Å². The van der Waals surface area contributed by atoms with E-state index in [0.717, 1.165) is 25.4 Å². The maximum absolute atomic E-state index is 12.1. The average molecular weight is 439 g/mol. The van der Waals surface area contributed by atoms with Crippen LogP contribution in [-0.4, -0.2) is 66.4 Å². The number of nitrogens with two attached hydrogens (primary N) is 2. The fourth-order valence-electron chi connectivity index (χ4n) is 1.25. The molecule has 0 spiro atoms. The first-order valence-corrected chi connectivity index (χ1v) is 12.8. The Morgan fingerprint density at radius 1 is 1.04 bits per heavy atom. The van der Waals surface area contributed by atoms with Crippen LogP contribution in [0.3, 0.4) is 0 Å². The number of hydrogen-bond acceptors (Lipinski definition) is 8. The summed E-state index contributed by atoms with van der Waals surface area (Å²) in [5.41, 5.74) is 9.81. The summed E-state index contributed by atoms with van der Waals surface area (Å²) in [7, 11) is -3.13. The molecule has 0 aromatic carbocycles. The van der Waals surface area contributed by atoms with E-state index in [0.29, 0.717) is 26.3 Å². The summed E-state index contributed by atoms with van der Waals surface area (Å²) in [6, 6.07) is 0. The molecule has 0 aromatic heterocycles. The van der Waals surface area contributed by atoms with E-state index in [1.807, 2.05) is 13.8 Å². The Bertz CT molecular complexity index is 324. The van der Waals surface area contributed by atoms with Crippen LogP contribution in [0.4, 0.5) is 0 Å². The van der Waals surface area contributed by atoms with Crippen molar-refractivity contribution in [2.45, 2.75) is 27.7 Å². The van der Waals surface area contributed by atoms with Gasteiger partial charge in [0, 0.05) is 25.4 Å². The molecular formula is C14H39N3O6P2S. The minimum atomic E-state index is -3.13. The second kappa shape index (κ2) is 27.5. The summed E-state index contributed by atoms with van der Waals surface area (Å²) in [6.45, 7) is 16.0. The van der Waals surface area contributed by atoms with Gasteiger partial charge in [0.1, 0.15) is 0 Å². The lowest BCUT2D eigenvalue weighted by Gasteiger charge is -2.20. The summed E-state index contributed by atoms with van der Waals surface area (Å²) in [5.74, 6) is 0.777. The van der Waals surface area contributed by atoms with Gasteiger partial charge in [-0.05, 0) is 38.3 Å². The fraction of sp³-hybridized carbons (Fsp3) is 0.857. The van der Waals surface area contributed by atoms with Crippen LogP contribution in [0.2, 0.25) is 0 Å². The van der Waals surface area contributed by atoms with E-state index in [1.165, 1.54) is 11.4 Å². The molecule has 0 aliphatic rings. The highest BCUT2D eigenvalue weighted by Gasteiger charge is 2.24. The first-order valence-electron chi connectivity index (χ1n) is 8.34. The minimum absolute atomic E-state index is 0.426. The van der Waals surface area contributed by atoms with E-state index in [1.54, 1.807) is 0 Å². The van der Waals surface area contributed by atoms with Crippen LogP contribution in [-0.2, 0) is 18.2 Å². The number of hydrogen-bond donors (Lipinski definition) is 4. The van der Waals surface area contributed by atoms with Gasteiger partial charge in [-0.1, -0.05) is 13.8 Å². The molecule has 162 valence electrons. The lowest BCUT2D eigenvalue weighted by Crippen LogP contribution is -2.25. The third-order valence-electron chi connectivity index (χ3n) is 2.29. The molecule has 26 heavy (non-hydrogen) atoms. The molecule has 0 saturated heterocycles. The normalized spacial score (nSPS) is 10.2. The van der Waals surface area contributed by atoms with Crippen LogP contribution in [0.1, 0.15) is 27.7 Å². The Hall–Kier alpha value is 0.270. The standard InChI is InChI=1S/C10H24NO3PS.C2H8N2.C2H4.H3O3P/c1-5-11(6-2)9-10-16-15(12,13-7-3)14-8-4;3-1-2-4;1-2;1-4(2)3/h5-10H2,1-4H3;1-4H2;1-2H2;4H,(H2,1,2,3). The Balaban J connectivity index is -0.000000200. The van der Waals surface area contributed by atoms with Crippen LogP contribution >= 0.6 is 26.4 Å². The molecule has 0 radical (unpaired) electrons. The second-order valence-corrected chi connectivity index (χ2v) is 8.76. The van der Waals surface area contributed by atoms with Crippen molar-refractivity contribution in [1.82, 2.24) is 4.90 Å². The van der Waals surface area contributed by atoms with Gasteiger partial charge in [-0.25, -0.2) is 4.57 Å². The van der Waals surface area contributed by atoms with Gasteiger partial charge >= 0.3 is 15.1 Å². The molecular weight excluding hydrogens is 400 g/mol. The first kappa shape index (κ1) is 33.8. The van der Waals surface area contributed by atoms with Gasteiger partial charge in [-0.15, -0.1) is 13.2 Å². The first-order chi connectivity index (χ1) is 12.3. The fourth-order valence-corrected chi connectivity index (χ4v) is 4.66. The lowest BCUT2D eigenvalue weighted by molar-refractivity contribution is 0.236. The largest absolute Gasteiger partial charge is 0.389 e. The van der Waals surface area contributed by atoms with Crippen LogP contribution in [0.5, 0.6) is 0 Å². The van der Waals surface area contributed by atoms with Crippen molar-refractivity contribution in [2.24, 2.45) is 11.5 Å². The molecule has 0 fully saturated rings. The van der Waals surface area contributed by atoms with Gasteiger partial charge in [-0.3, -0.25) is 4.57 Å². The summed E-state index contributed by atoms with van der Waals surface area (Å²) >= 11 is 1.30. The van der Waals surface area contributed by atoms with E-state index < -0.39 is 15.1 Å². The van der Waals surface area contributed by atoms with Gasteiger partial charge in [0.25, 0.3) is 0 Å². The Morgan fingerprint density at radius 3 is 1.62 bits per heavy atom. The van der Waals surface area contributed by atoms with Crippen molar-refractivity contribution in [2.75, 3.05) is 51.7 Å². The molecule has 0 bridgehead atoms. The smallest absolute Gasteiger partial charge is 0.329 e. The summed E-state index contributed by atoms with van der Waals surface area (Å²) in [5, 5.41) is 0. The Labute approximate surface area is 163 Å². The second-order valence-electron chi connectivity index (χ2n) is 4.00. The van der Waals surface area contributed by atoms with E-state index >= 15 is 0 Å². The van der Waals surface area contributed by atoms with Crippen LogP contribution in [0.15, 0.2) is 13.2 Å². The molecule has 0 rings (SSSR count). The third-order valence-corrected chi connectivity index (χ3v) is 6.25. The summed E-state index contributed by atoms with van der Waals surface area (Å²) in [4.78, 5) is 16.6. The average Bonchev–Trinajstić information content (AvgIpc) is 2.60. The van der Waals surface area contributed by atoms with Crippen molar-refractivity contribution in [3.8, 4) is 0 Å². The highest BCUT2D eigenvalue weighted by Crippen LogP contribution is 2.60. The molecule has 12 heteroatoms. The van der Waals surface area contributed by atoms with Crippen molar-refractivity contribution < 1.29 is 28.0 Å². The minimum Gasteiger partial charge on any atom is -0.329 e. The lowest BCUT2D eigenvalue weighted by atomic mass is 10.5. The molecule has 0 unspecified atom stereocenters. The zero-order valence-corrected chi connectivity index (χ0v) is 19.3. The highest BCUT2D eigenvalue weighted by molar-refractivity contribution is 8.55. The molecule has 0 aliphatic heterocycles. The quantitative estimate of drug-likeness (QED) is 0.279. The van der Waals surface area contributed by atoms with Crippen LogP contribution in [0, 0.1) is 0 Å². The summed E-state index contributed by atoms with van der Waals surface area (Å²) in [6.07, 6.45) is 0. The van der Waals surface area contributed by atoms with E-state index in [2.05, 4.69) is 31.9 Å². The van der Waals surface area contributed by atoms with Crippen molar-refractivity contribution in [3.05, 3.63) is 13.2 Å². The predicted molar refractivity (Wildman–Crippen MR) is 114 cm³/mol. The van der Waals surface area contributed by atoms with Gasteiger partial charge in [-0.2, -0.15) is 0 Å². The van der Waals surface area contributed by atoms with Crippen LogP contribution in [0.25, 0.3) is 0 Å². The highest BCUT2D eigenvalue weighted by atomic mass is 32.7. The van der Waals surface area contributed by atoms with Crippen LogP contribution < -0.4 is 11.5 Å². The SMILES string of the molecule is C=C.CCOP(=O)(OCC)SCCN(CC)CC.NCCN.O=[PH](O)O. The third kappa shape index (κ3) is 32.0. The van der Waals surface area contributed by atoms with Gasteiger partial charge in [0.05, 0.1) is 13.2 Å². The van der Waals surface area contributed by atoms with Crippen molar-refractivity contribution >= 4 is 26.4 Å². The number of nitrogens with zero attached hydrogens (tertiary/aromatic N) is 1. The summed E-state index contributed by atoms with van der Waals surface area (Å²) < 4.78 is 31.2. The molecule has 0 amide bonds. The van der Waals surface area contributed by atoms with Gasteiger partial charge < -0.3 is 35.2 Å². The number of rotatable bonds is 11. The van der Waals surface area contributed by atoms with E-state index in [-0.39, 0.29) is 0 Å². The molecule has 0 aromatic rings. The van der Waals surface area contributed by atoms with Gasteiger partial charge in [0.15, 0.2) is 0 Å². The molecule has 6 N–H and O–H groups in total. The molecule has 0 saturated carbocycles. The zero-order valence-electron chi connectivity index (χ0n) is 16.6. The maximum atomic E-state index is 12.1. The van der Waals surface area contributed by atoms with E-state index in [4.69, 9.17) is 34.9 Å². The molecule has 0 atom stereocenters. The van der Waals surface area contributed by atoms with E-state index in [9.17, 15) is 4.57 Å². The maximum Gasteiger partial charge on any atom is 0.389 e. The van der Waals surface area contributed by atoms with Gasteiger partial charge in [0.2, 0.25) is 0 Å². The van der Waals surface area contributed by atoms with Crippen molar-refractivity contribution in [1.29, 1.82) is 0 Å². The molecule has 9 nitrogen and oxygen atoms in total. The zero-order chi connectivity index (χ0) is 21.4. The predicted octanol–water partition coefficient (Wildman–Crippen LogP) is 2.31. The molecule has 0 heterocycles. The molecule has 0 aliphatic carbocycles. The monoisotopic (exact) mass is 439 g/mol. The Morgan fingerprint density at radius 2 is 1.38 bits per heavy atom. The Kier molecular flexibility index (Phi) is 35.8.